The normalized spacial score (nSPS) is 12.1. The number of aryl methyl sites for hydroxylation is 2. The van der Waals surface area contributed by atoms with E-state index in [9.17, 15) is 26.4 Å². The van der Waals surface area contributed by atoms with E-state index in [-0.39, 0.29) is 10.6 Å². The second-order valence-corrected chi connectivity index (χ2v) is 10.9. The van der Waals surface area contributed by atoms with Crippen LogP contribution in [0.1, 0.15) is 28.1 Å². The minimum atomic E-state index is -4.54. The molecular weight excluding hydrogens is 541 g/mol. The molecule has 3 aromatic carbocycles. The molecule has 0 atom stereocenters. The summed E-state index contributed by atoms with van der Waals surface area (Å²) in [6, 6.07) is 21.5. The van der Waals surface area contributed by atoms with Crippen molar-refractivity contribution in [1.29, 1.82) is 0 Å². The number of nitrogens with zero attached hydrogens (tertiary/aromatic N) is 3. The van der Waals surface area contributed by atoms with Crippen LogP contribution in [0.5, 0.6) is 0 Å². The number of alkyl halides is 3. The first-order chi connectivity index (χ1) is 18.9. The number of carbonyl (C=O) groups is 1. The molecule has 7 nitrogen and oxygen atoms in total. The zero-order valence-corrected chi connectivity index (χ0v) is 22.8. The first-order valence-corrected chi connectivity index (χ1v) is 13.7. The predicted molar refractivity (Wildman–Crippen MR) is 148 cm³/mol. The summed E-state index contributed by atoms with van der Waals surface area (Å²) in [5, 5.41) is 3.96. The van der Waals surface area contributed by atoms with Crippen LogP contribution in [0.15, 0.2) is 94.9 Å². The lowest BCUT2D eigenvalue weighted by Gasteiger charge is -2.25. The Kier molecular flexibility index (Phi) is 8.15. The van der Waals surface area contributed by atoms with Gasteiger partial charge in [0.05, 0.1) is 28.0 Å². The molecule has 0 fully saturated rings. The van der Waals surface area contributed by atoms with E-state index in [1.807, 2.05) is 0 Å². The molecule has 0 radical (unpaired) electrons. The Morgan fingerprint density at radius 3 is 2.25 bits per heavy atom. The molecule has 0 aliphatic carbocycles. The van der Waals surface area contributed by atoms with Crippen molar-refractivity contribution in [2.75, 3.05) is 10.8 Å². The third-order valence-electron chi connectivity index (χ3n) is 6.32. The Balaban J connectivity index is 1.58. The quantitative estimate of drug-likeness (QED) is 0.217. The summed E-state index contributed by atoms with van der Waals surface area (Å²) >= 11 is 0. The molecule has 208 valence electrons. The van der Waals surface area contributed by atoms with Gasteiger partial charge in [-0.2, -0.15) is 18.3 Å². The molecule has 0 bridgehead atoms. The van der Waals surface area contributed by atoms with Crippen molar-refractivity contribution >= 4 is 27.8 Å². The molecule has 0 aliphatic heterocycles. The lowest BCUT2D eigenvalue weighted by atomic mass is 10.1. The molecule has 4 aromatic rings. The minimum Gasteiger partial charge on any atom is -0.317 e. The van der Waals surface area contributed by atoms with Gasteiger partial charge in [0.15, 0.2) is 0 Å². The third-order valence-corrected chi connectivity index (χ3v) is 8.09. The van der Waals surface area contributed by atoms with Crippen molar-refractivity contribution in [3.8, 4) is 5.69 Å². The van der Waals surface area contributed by atoms with Gasteiger partial charge in [-0.15, -0.1) is 0 Å². The van der Waals surface area contributed by atoms with E-state index in [1.54, 1.807) is 69.3 Å². The van der Waals surface area contributed by atoms with Gasteiger partial charge in [-0.3, -0.25) is 9.10 Å². The topological polar surface area (TPSA) is 83.8 Å². The van der Waals surface area contributed by atoms with Crippen molar-refractivity contribution in [3.63, 3.8) is 0 Å². The van der Waals surface area contributed by atoms with Crippen molar-refractivity contribution in [2.45, 2.75) is 31.8 Å². The number of carbonyl (C=O) groups excluding carboxylic acids is 1. The first-order valence-electron chi connectivity index (χ1n) is 12.2. The SMILES string of the molecule is Cc1ccccc1N(CC(=O)N/N=C\c1cc(C)n(-c2ccccc2C(F)(F)F)c1C)S(=O)(=O)c1ccccc1. The van der Waals surface area contributed by atoms with Gasteiger partial charge >= 0.3 is 6.18 Å². The van der Waals surface area contributed by atoms with Crippen LogP contribution in [0.4, 0.5) is 18.9 Å². The molecular formula is C29H27F3N4O3S. The number of hydrogen-bond donors (Lipinski definition) is 1. The van der Waals surface area contributed by atoms with E-state index in [0.717, 1.165) is 10.4 Å². The summed E-state index contributed by atoms with van der Waals surface area (Å²) in [5.41, 5.74) is 4.07. The fourth-order valence-electron chi connectivity index (χ4n) is 4.40. The van der Waals surface area contributed by atoms with Crippen molar-refractivity contribution in [2.24, 2.45) is 5.10 Å². The number of halogens is 3. The van der Waals surface area contributed by atoms with Crippen LogP contribution in [0, 0.1) is 20.8 Å². The fraction of sp³-hybridized carbons (Fsp3) is 0.172. The highest BCUT2D eigenvalue weighted by atomic mass is 32.2. The molecule has 0 aliphatic rings. The lowest BCUT2D eigenvalue weighted by Crippen LogP contribution is -2.40. The number of para-hydroxylation sites is 2. The molecule has 0 unspecified atom stereocenters. The lowest BCUT2D eigenvalue weighted by molar-refractivity contribution is -0.137. The predicted octanol–water partition coefficient (Wildman–Crippen LogP) is 5.77. The Hall–Kier alpha value is -4.38. The molecule has 1 aromatic heterocycles. The van der Waals surface area contributed by atoms with Gasteiger partial charge < -0.3 is 4.57 Å². The van der Waals surface area contributed by atoms with E-state index in [0.29, 0.717) is 28.2 Å². The van der Waals surface area contributed by atoms with Gasteiger partial charge in [0.2, 0.25) is 0 Å². The largest absolute Gasteiger partial charge is 0.418 e. The Morgan fingerprint density at radius 2 is 1.57 bits per heavy atom. The number of anilines is 1. The van der Waals surface area contributed by atoms with Crippen LogP contribution in [0.2, 0.25) is 0 Å². The average molecular weight is 569 g/mol. The summed E-state index contributed by atoms with van der Waals surface area (Å²) in [5.74, 6) is -0.699. The summed E-state index contributed by atoms with van der Waals surface area (Å²) < 4.78 is 70.2. The van der Waals surface area contributed by atoms with Gasteiger partial charge in [-0.05, 0) is 62.7 Å². The van der Waals surface area contributed by atoms with Gasteiger partial charge in [0, 0.05) is 17.0 Å². The molecule has 0 saturated carbocycles. The van der Waals surface area contributed by atoms with Gasteiger partial charge in [-0.25, -0.2) is 13.8 Å². The number of aromatic nitrogens is 1. The maximum absolute atomic E-state index is 13.6. The maximum Gasteiger partial charge on any atom is 0.418 e. The Morgan fingerprint density at radius 1 is 0.950 bits per heavy atom. The molecule has 1 N–H and O–H groups in total. The summed E-state index contributed by atoms with van der Waals surface area (Å²) in [4.78, 5) is 12.9. The van der Waals surface area contributed by atoms with Gasteiger partial charge in [-0.1, -0.05) is 48.5 Å². The number of hydrogen-bond acceptors (Lipinski definition) is 4. The molecule has 11 heteroatoms. The van der Waals surface area contributed by atoms with Crippen LogP contribution in [0.3, 0.4) is 0 Å². The van der Waals surface area contributed by atoms with Crippen LogP contribution >= 0.6 is 0 Å². The number of benzene rings is 3. The van der Waals surface area contributed by atoms with E-state index in [1.165, 1.54) is 41.1 Å². The van der Waals surface area contributed by atoms with E-state index >= 15 is 0 Å². The maximum atomic E-state index is 13.6. The van der Waals surface area contributed by atoms with Crippen LogP contribution < -0.4 is 9.73 Å². The molecule has 40 heavy (non-hydrogen) atoms. The smallest absolute Gasteiger partial charge is 0.317 e. The van der Waals surface area contributed by atoms with Crippen molar-refractivity contribution < 1.29 is 26.4 Å². The van der Waals surface area contributed by atoms with E-state index in [2.05, 4.69) is 10.5 Å². The number of sulfonamides is 1. The minimum absolute atomic E-state index is 0.0197. The summed E-state index contributed by atoms with van der Waals surface area (Å²) in [6.45, 7) is 4.52. The summed E-state index contributed by atoms with van der Waals surface area (Å²) in [6.07, 6.45) is -3.22. The van der Waals surface area contributed by atoms with E-state index in [4.69, 9.17) is 0 Å². The van der Waals surface area contributed by atoms with Crippen LogP contribution in [-0.2, 0) is 21.0 Å². The number of hydrazone groups is 1. The molecule has 0 saturated heterocycles. The number of amides is 1. The van der Waals surface area contributed by atoms with E-state index < -0.39 is 34.2 Å². The second-order valence-electron chi connectivity index (χ2n) is 9.08. The second kappa shape index (κ2) is 11.4. The third kappa shape index (κ3) is 5.94. The van der Waals surface area contributed by atoms with Crippen LogP contribution in [-0.4, -0.2) is 31.7 Å². The fourth-order valence-corrected chi connectivity index (χ4v) is 5.91. The van der Waals surface area contributed by atoms with Gasteiger partial charge in [0.1, 0.15) is 6.54 Å². The zero-order chi connectivity index (χ0) is 29.1. The standard InChI is InChI=1S/C29H27F3N4O3S/c1-20-11-7-9-15-26(20)35(40(38,39)24-12-5-4-6-13-24)19-28(37)34-33-18-23-17-21(2)36(22(23)3)27-16-10-8-14-25(27)29(30,31)32/h4-18H,19H2,1-3H3,(H,34,37)/b33-18-. The van der Waals surface area contributed by atoms with Gasteiger partial charge in [0.25, 0.3) is 15.9 Å². The highest BCUT2D eigenvalue weighted by Gasteiger charge is 2.34. The van der Waals surface area contributed by atoms with Crippen LogP contribution in [0.25, 0.3) is 5.69 Å². The zero-order valence-electron chi connectivity index (χ0n) is 22.0. The molecule has 1 heterocycles. The first kappa shape index (κ1) is 28.6. The molecule has 4 rings (SSSR count). The molecule has 0 spiro atoms. The van der Waals surface area contributed by atoms with Crippen molar-refractivity contribution in [3.05, 3.63) is 113 Å². The number of rotatable bonds is 8. The number of nitrogens with one attached hydrogen (secondary N) is 1. The summed E-state index contributed by atoms with van der Waals surface area (Å²) in [7, 11) is -4.08. The molecule has 1 amide bonds. The highest BCUT2D eigenvalue weighted by Crippen LogP contribution is 2.35. The Bertz CT molecular complexity index is 1660. The average Bonchev–Trinajstić information content (AvgIpc) is 3.20. The monoisotopic (exact) mass is 568 g/mol. The highest BCUT2D eigenvalue weighted by molar-refractivity contribution is 7.92. The van der Waals surface area contributed by atoms with Crippen molar-refractivity contribution in [1.82, 2.24) is 9.99 Å². The Labute approximate surface area is 230 Å².